The molecule has 0 saturated carbocycles. The molecule has 0 unspecified atom stereocenters. The highest BCUT2D eigenvalue weighted by molar-refractivity contribution is 6.32. The van der Waals surface area contributed by atoms with Gasteiger partial charge in [-0.15, -0.1) is 0 Å². The van der Waals surface area contributed by atoms with Gasteiger partial charge in [0.05, 0.1) is 11.6 Å². The molecule has 0 atom stereocenters. The van der Waals surface area contributed by atoms with E-state index in [1.54, 1.807) is 12.1 Å². The molecule has 0 N–H and O–H groups in total. The monoisotopic (exact) mass is 323 g/mol. The minimum atomic E-state index is -0.717. The fourth-order valence-corrected chi connectivity index (χ4v) is 2.09. The van der Waals surface area contributed by atoms with Crippen LogP contribution >= 0.6 is 11.6 Å². The van der Waals surface area contributed by atoms with Gasteiger partial charge in [-0.1, -0.05) is 11.6 Å². The first kappa shape index (κ1) is 16.1. The number of rotatable bonds is 5. The van der Waals surface area contributed by atoms with Crippen LogP contribution in [-0.2, 0) is 14.3 Å². The molecule has 1 heterocycles. The van der Waals surface area contributed by atoms with Crippen molar-refractivity contribution in [2.75, 3.05) is 33.5 Å². The number of carbonyl (C=O) groups excluding carboxylic acids is 1. The number of benzene rings is 1. The number of carbonyl (C=O) groups is 1. The third kappa shape index (κ3) is 3.91. The Morgan fingerprint density at radius 1 is 1.41 bits per heavy atom. The summed E-state index contributed by atoms with van der Waals surface area (Å²) in [5, 5.41) is 9.44. The molecule has 1 aromatic rings. The van der Waals surface area contributed by atoms with Gasteiger partial charge >= 0.3 is 5.97 Å². The van der Waals surface area contributed by atoms with E-state index in [-0.39, 0.29) is 18.8 Å². The second-order valence-corrected chi connectivity index (χ2v) is 4.73. The lowest BCUT2D eigenvalue weighted by atomic mass is 10.1. The van der Waals surface area contributed by atoms with Crippen molar-refractivity contribution < 1.29 is 23.7 Å². The van der Waals surface area contributed by atoms with Crippen LogP contribution in [0.2, 0.25) is 5.02 Å². The maximum absolute atomic E-state index is 11.8. The molecule has 1 aliphatic rings. The molecule has 0 aliphatic carbocycles. The Labute approximate surface area is 132 Å². The Morgan fingerprint density at radius 2 is 2.18 bits per heavy atom. The summed E-state index contributed by atoms with van der Waals surface area (Å²) in [4.78, 5) is 11.8. The Kier molecular flexibility index (Phi) is 5.64. The number of halogens is 1. The molecule has 0 aromatic heterocycles. The van der Waals surface area contributed by atoms with Gasteiger partial charge in [-0.2, -0.15) is 5.26 Å². The average molecular weight is 324 g/mol. The number of ether oxygens (including phenoxy) is 4. The lowest BCUT2D eigenvalue weighted by Gasteiger charge is -2.19. The second kappa shape index (κ2) is 7.69. The van der Waals surface area contributed by atoms with Crippen LogP contribution in [0.5, 0.6) is 11.5 Å². The van der Waals surface area contributed by atoms with Gasteiger partial charge in [-0.25, -0.2) is 4.79 Å². The first-order chi connectivity index (χ1) is 10.7. The molecule has 0 saturated heterocycles. The summed E-state index contributed by atoms with van der Waals surface area (Å²) in [6, 6.07) is 5.05. The van der Waals surface area contributed by atoms with E-state index in [1.807, 2.05) is 6.07 Å². The molecule has 6 nitrogen and oxygen atoms in total. The maximum atomic E-state index is 11.8. The number of nitrogens with zero attached hydrogens (tertiary/aromatic N) is 1. The van der Waals surface area contributed by atoms with Crippen molar-refractivity contribution in [1.29, 1.82) is 5.26 Å². The molecular weight excluding hydrogens is 310 g/mol. The molecule has 0 bridgehead atoms. The maximum Gasteiger partial charge on any atom is 0.348 e. The van der Waals surface area contributed by atoms with Gasteiger partial charge in [0.1, 0.15) is 31.5 Å². The summed E-state index contributed by atoms with van der Waals surface area (Å²) >= 11 is 6.11. The molecule has 0 spiro atoms. The van der Waals surface area contributed by atoms with Gasteiger partial charge in [-0.05, 0) is 23.8 Å². The highest BCUT2D eigenvalue weighted by Gasteiger charge is 2.17. The van der Waals surface area contributed by atoms with Crippen LogP contribution in [-0.4, -0.2) is 39.5 Å². The number of esters is 1. The molecule has 2 rings (SSSR count). The zero-order valence-corrected chi connectivity index (χ0v) is 12.7. The van der Waals surface area contributed by atoms with E-state index in [4.69, 9.17) is 35.8 Å². The normalized spacial score (nSPS) is 13.4. The smallest absolute Gasteiger partial charge is 0.348 e. The van der Waals surface area contributed by atoms with E-state index < -0.39 is 5.97 Å². The van der Waals surface area contributed by atoms with Gasteiger partial charge in [0.15, 0.2) is 11.5 Å². The molecule has 1 aromatic carbocycles. The van der Waals surface area contributed by atoms with Crippen LogP contribution in [0, 0.1) is 11.3 Å². The quantitative estimate of drug-likeness (QED) is 0.358. The van der Waals surface area contributed by atoms with Crippen molar-refractivity contribution in [3.8, 4) is 17.6 Å². The van der Waals surface area contributed by atoms with Crippen molar-refractivity contribution >= 4 is 23.6 Å². The van der Waals surface area contributed by atoms with Crippen LogP contribution in [0.4, 0.5) is 0 Å². The highest BCUT2D eigenvalue weighted by atomic mass is 35.5. The van der Waals surface area contributed by atoms with E-state index >= 15 is 0 Å². The van der Waals surface area contributed by atoms with Crippen molar-refractivity contribution in [3.05, 3.63) is 28.3 Å². The first-order valence-corrected chi connectivity index (χ1v) is 6.90. The summed E-state index contributed by atoms with van der Waals surface area (Å²) in [5.41, 5.74) is 0.415. The predicted molar refractivity (Wildman–Crippen MR) is 78.9 cm³/mol. The summed E-state index contributed by atoms with van der Waals surface area (Å²) in [5.74, 6) is 0.229. The van der Waals surface area contributed by atoms with E-state index in [1.165, 1.54) is 13.2 Å². The molecule has 116 valence electrons. The van der Waals surface area contributed by atoms with E-state index in [2.05, 4.69) is 0 Å². The Morgan fingerprint density at radius 3 is 2.91 bits per heavy atom. The minimum Gasteiger partial charge on any atom is -0.486 e. The molecule has 0 radical (unpaired) electrons. The van der Waals surface area contributed by atoms with Gasteiger partial charge < -0.3 is 18.9 Å². The summed E-state index contributed by atoms with van der Waals surface area (Å²) in [7, 11) is 1.49. The zero-order chi connectivity index (χ0) is 15.9. The highest BCUT2D eigenvalue weighted by Crippen LogP contribution is 2.38. The number of methoxy groups -OCH3 is 1. The summed E-state index contributed by atoms with van der Waals surface area (Å²) < 4.78 is 20.5. The topological polar surface area (TPSA) is 77.8 Å². The predicted octanol–water partition coefficient (Wildman–Crippen LogP) is 2.21. The number of hydrogen-bond acceptors (Lipinski definition) is 6. The van der Waals surface area contributed by atoms with Crippen LogP contribution in [0.15, 0.2) is 17.7 Å². The third-order valence-electron chi connectivity index (χ3n) is 2.79. The average Bonchev–Trinajstić information content (AvgIpc) is 2.52. The van der Waals surface area contributed by atoms with Gasteiger partial charge in [0, 0.05) is 7.11 Å². The van der Waals surface area contributed by atoms with E-state index in [0.717, 1.165) is 0 Å². The largest absolute Gasteiger partial charge is 0.486 e. The van der Waals surface area contributed by atoms with Crippen molar-refractivity contribution in [1.82, 2.24) is 0 Å². The minimum absolute atomic E-state index is 0.0796. The van der Waals surface area contributed by atoms with Crippen LogP contribution < -0.4 is 9.47 Å². The van der Waals surface area contributed by atoms with Gasteiger partial charge in [-0.3, -0.25) is 0 Å². The number of nitriles is 1. The molecular formula is C15H14ClNO5. The zero-order valence-electron chi connectivity index (χ0n) is 11.9. The van der Waals surface area contributed by atoms with Crippen molar-refractivity contribution in [2.24, 2.45) is 0 Å². The first-order valence-electron chi connectivity index (χ1n) is 6.52. The van der Waals surface area contributed by atoms with Gasteiger partial charge in [0.25, 0.3) is 0 Å². The summed E-state index contributed by atoms with van der Waals surface area (Å²) in [6.07, 6.45) is 1.39. The van der Waals surface area contributed by atoms with E-state index in [0.29, 0.717) is 35.3 Å². The van der Waals surface area contributed by atoms with Gasteiger partial charge in [0.2, 0.25) is 0 Å². The third-order valence-corrected chi connectivity index (χ3v) is 3.07. The number of fused-ring (bicyclic) bond motifs is 1. The lowest BCUT2D eigenvalue weighted by Crippen LogP contribution is -2.15. The van der Waals surface area contributed by atoms with Crippen molar-refractivity contribution in [3.63, 3.8) is 0 Å². The molecule has 7 heteroatoms. The fraction of sp³-hybridized carbons (Fsp3) is 0.333. The van der Waals surface area contributed by atoms with Crippen LogP contribution in [0.1, 0.15) is 5.56 Å². The van der Waals surface area contributed by atoms with Crippen LogP contribution in [0.25, 0.3) is 6.08 Å². The molecule has 1 aliphatic heterocycles. The SMILES string of the molecule is COCCOC(=O)/C(C#N)=C/c1cc(Cl)c2c(c1)OCCO2. The molecule has 0 fully saturated rings. The Bertz CT molecular complexity index is 636. The van der Waals surface area contributed by atoms with E-state index in [9.17, 15) is 4.79 Å². The second-order valence-electron chi connectivity index (χ2n) is 4.33. The molecule has 0 amide bonds. The Balaban J connectivity index is 2.21. The summed E-state index contributed by atoms with van der Waals surface area (Å²) in [6.45, 7) is 1.19. The fourth-order valence-electron chi connectivity index (χ4n) is 1.81. The molecule has 22 heavy (non-hydrogen) atoms. The lowest BCUT2D eigenvalue weighted by molar-refractivity contribution is -0.139. The van der Waals surface area contributed by atoms with Crippen LogP contribution in [0.3, 0.4) is 0 Å². The Hall–Kier alpha value is -2.23. The number of hydrogen-bond donors (Lipinski definition) is 0. The standard InChI is InChI=1S/C15H14ClNO5/c1-19-2-3-22-15(18)11(9-17)6-10-7-12(16)14-13(8-10)20-4-5-21-14/h6-8H,2-5H2,1H3/b11-6+. The van der Waals surface area contributed by atoms with Crippen molar-refractivity contribution in [2.45, 2.75) is 0 Å².